The minimum atomic E-state index is -4.19. The summed E-state index contributed by atoms with van der Waals surface area (Å²) in [6.45, 7) is 3.27. The van der Waals surface area contributed by atoms with Crippen LogP contribution in [0.3, 0.4) is 0 Å². The van der Waals surface area contributed by atoms with Crippen LogP contribution in [0.25, 0.3) is 0 Å². The van der Waals surface area contributed by atoms with Gasteiger partial charge in [0.1, 0.15) is 18.4 Å². The molecule has 0 aliphatic heterocycles. The quantitative estimate of drug-likeness (QED) is 0.347. The van der Waals surface area contributed by atoms with E-state index in [0.29, 0.717) is 6.42 Å². The average molecular weight is 566 g/mol. The molecule has 2 amide bonds. The second-order valence-corrected chi connectivity index (χ2v) is 12.1. The fourth-order valence-corrected chi connectivity index (χ4v) is 6.45. The number of anilines is 1. The van der Waals surface area contributed by atoms with E-state index in [4.69, 9.17) is 0 Å². The van der Waals surface area contributed by atoms with Gasteiger partial charge in [-0.15, -0.1) is 0 Å². The number of carbonyl (C=O) groups is 2. The molecule has 3 aromatic rings. The van der Waals surface area contributed by atoms with Gasteiger partial charge in [-0.1, -0.05) is 67.8 Å². The fraction of sp³-hybridized carbons (Fsp3) is 0.355. The molecule has 0 spiro atoms. The molecule has 0 unspecified atom stereocenters. The van der Waals surface area contributed by atoms with E-state index in [1.165, 1.54) is 29.2 Å². The SMILES string of the molecule is CC[C@@H](C(=O)NC1CCCC1)N(Cc1ccccc1)C(=O)CN(c1ccc(F)cc1)S(=O)(=O)c1ccc(C)cc1. The van der Waals surface area contributed by atoms with Gasteiger partial charge in [0.2, 0.25) is 11.8 Å². The first-order valence-electron chi connectivity index (χ1n) is 13.7. The largest absolute Gasteiger partial charge is 0.352 e. The Hall–Kier alpha value is -3.72. The number of carbonyl (C=O) groups excluding carboxylic acids is 2. The monoisotopic (exact) mass is 565 g/mol. The lowest BCUT2D eigenvalue weighted by molar-refractivity contribution is -0.140. The Morgan fingerprint density at radius 2 is 1.57 bits per heavy atom. The molecular weight excluding hydrogens is 529 g/mol. The lowest BCUT2D eigenvalue weighted by Crippen LogP contribution is -2.53. The van der Waals surface area contributed by atoms with Crippen molar-refractivity contribution in [2.24, 2.45) is 0 Å². The van der Waals surface area contributed by atoms with E-state index in [1.807, 2.05) is 44.2 Å². The Labute approximate surface area is 236 Å². The predicted molar refractivity (Wildman–Crippen MR) is 154 cm³/mol. The minimum absolute atomic E-state index is 0.0100. The molecular formula is C31H36FN3O4S. The molecule has 1 saturated carbocycles. The highest BCUT2D eigenvalue weighted by molar-refractivity contribution is 7.92. The van der Waals surface area contributed by atoms with Crippen LogP contribution in [0.2, 0.25) is 0 Å². The third kappa shape index (κ3) is 7.07. The topological polar surface area (TPSA) is 86.8 Å². The predicted octanol–water partition coefficient (Wildman–Crippen LogP) is 5.20. The molecule has 1 fully saturated rings. The number of halogens is 1. The Balaban J connectivity index is 1.69. The number of rotatable bonds is 11. The molecule has 4 rings (SSSR count). The van der Waals surface area contributed by atoms with Crippen molar-refractivity contribution < 1.29 is 22.4 Å². The lowest BCUT2D eigenvalue weighted by atomic mass is 10.1. The zero-order valence-corrected chi connectivity index (χ0v) is 23.7. The number of nitrogens with zero attached hydrogens (tertiary/aromatic N) is 2. The summed E-state index contributed by atoms with van der Waals surface area (Å²) in [5, 5.41) is 3.10. The van der Waals surface area contributed by atoms with Crippen LogP contribution in [0.15, 0.2) is 83.8 Å². The maximum Gasteiger partial charge on any atom is 0.264 e. The molecule has 40 heavy (non-hydrogen) atoms. The highest BCUT2D eigenvalue weighted by Gasteiger charge is 2.34. The molecule has 0 heterocycles. The van der Waals surface area contributed by atoms with Gasteiger partial charge in [-0.2, -0.15) is 0 Å². The summed E-state index contributed by atoms with van der Waals surface area (Å²) in [5.41, 5.74) is 1.85. The van der Waals surface area contributed by atoms with Crippen LogP contribution in [-0.2, 0) is 26.2 Å². The molecule has 0 aromatic heterocycles. The number of nitrogens with one attached hydrogen (secondary N) is 1. The molecule has 1 aliphatic carbocycles. The number of hydrogen-bond acceptors (Lipinski definition) is 4. The standard InChI is InChI=1S/C31H36FN3O4S/c1-3-29(31(37)33-26-11-7-8-12-26)34(21-24-9-5-4-6-10-24)30(36)22-35(27-17-15-25(32)16-18-27)40(38,39)28-19-13-23(2)14-20-28/h4-6,9-10,13-20,26,29H,3,7-8,11-12,21-22H2,1-2H3,(H,33,37)/t29-/m0/s1. The first kappa shape index (κ1) is 29.3. The van der Waals surface area contributed by atoms with Gasteiger partial charge in [0.15, 0.2) is 0 Å². The zero-order chi connectivity index (χ0) is 28.7. The maximum atomic E-state index is 14.0. The van der Waals surface area contributed by atoms with Crippen LogP contribution in [-0.4, -0.2) is 43.8 Å². The number of aryl methyl sites for hydroxylation is 1. The highest BCUT2D eigenvalue weighted by Crippen LogP contribution is 2.26. The number of sulfonamides is 1. The molecule has 1 atom stereocenters. The van der Waals surface area contributed by atoms with Crippen molar-refractivity contribution in [3.05, 3.63) is 95.8 Å². The van der Waals surface area contributed by atoms with Crippen molar-refractivity contribution in [2.45, 2.75) is 69.5 Å². The summed E-state index contributed by atoms with van der Waals surface area (Å²) in [6.07, 6.45) is 4.28. The van der Waals surface area contributed by atoms with Gasteiger partial charge in [-0.3, -0.25) is 13.9 Å². The zero-order valence-electron chi connectivity index (χ0n) is 22.9. The van der Waals surface area contributed by atoms with E-state index < -0.39 is 34.3 Å². The van der Waals surface area contributed by atoms with Gasteiger partial charge < -0.3 is 10.2 Å². The van der Waals surface area contributed by atoms with Gasteiger partial charge in [0.25, 0.3) is 10.0 Å². The van der Waals surface area contributed by atoms with Crippen LogP contribution in [0.4, 0.5) is 10.1 Å². The smallest absolute Gasteiger partial charge is 0.264 e. The van der Waals surface area contributed by atoms with E-state index in [-0.39, 0.29) is 29.1 Å². The molecule has 0 bridgehead atoms. The Kier molecular flexibility index (Phi) is 9.58. The van der Waals surface area contributed by atoms with Crippen LogP contribution in [0.1, 0.15) is 50.2 Å². The lowest BCUT2D eigenvalue weighted by Gasteiger charge is -2.33. The van der Waals surface area contributed by atoms with E-state index in [1.54, 1.807) is 12.1 Å². The fourth-order valence-electron chi connectivity index (χ4n) is 5.04. The van der Waals surface area contributed by atoms with Crippen LogP contribution < -0.4 is 9.62 Å². The molecule has 212 valence electrons. The summed E-state index contributed by atoms with van der Waals surface area (Å²) in [7, 11) is -4.19. The van der Waals surface area contributed by atoms with E-state index in [9.17, 15) is 22.4 Å². The first-order chi connectivity index (χ1) is 19.2. The van der Waals surface area contributed by atoms with Gasteiger partial charge in [-0.05, 0) is 68.1 Å². The number of benzene rings is 3. The van der Waals surface area contributed by atoms with Crippen LogP contribution in [0, 0.1) is 12.7 Å². The van der Waals surface area contributed by atoms with E-state index in [0.717, 1.165) is 53.2 Å². The summed E-state index contributed by atoms with van der Waals surface area (Å²) >= 11 is 0. The Bertz CT molecular complexity index is 1390. The van der Waals surface area contributed by atoms with Gasteiger partial charge in [0, 0.05) is 12.6 Å². The van der Waals surface area contributed by atoms with Crippen molar-refractivity contribution in [1.82, 2.24) is 10.2 Å². The third-order valence-corrected chi connectivity index (χ3v) is 9.07. The van der Waals surface area contributed by atoms with E-state index in [2.05, 4.69) is 5.32 Å². The number of hydrogen-bond donors (Lipinski definition) is 1. The van der Waals surface area contributed by atoms with Crippen molar-refractivity contribution in [2.75, 3.05) is 10.8 Å². The molecule has 1 N–H and O–H groups in total. The number of amides is 2. The van der Waals surface area contributed by atoms with E-state index >= 15 is 0 Å². The average Bonchev–Trinajstić information content (AvgIpc) is 3.46. The molecule has 1 aliphatic rings. The highest BCUT2D eigenvalue weighted by atomic mass is 32.2. The molecule has 9 heteroatoms. The van der Waals surface area contributed by atoms with Crippen molar-refractivity contribution in [3.8, 4) is 0 Å². The Morgan fingerprint density at radius 1 is 0.950 bits per heavy atom. The summed E-state index contributed by atoms with van der Waals surface area (Å²) in [4.78, 5) is 28.9. The van der Waals surface area contributed by atoms with Crippen molar-refractivity contribution >= 4 is 27.5 Å². The molecule has 0 saturated heterocycles. The van der Waals surface area contributed by atoms with Crippen molar-refractivity contribution in [1.29, 1.82) is 0 Å². The molecule has 0 radical (unpaired) electrons. The summed E-state index contributed by atoms with van der Waals surface area (Å²) < 4.78 is 42.4. The maximum absolute atomic E-state index is 14.0. The van der Waals surface area contributed by atoms with Crippen molar-refractivity contribution in [3.63, 3.8) is 0 Å². The van der Waals surface area contributed by atoms with Gasteiger partial charge in [-0.25, -0.2) is 12.8 Å². The van der Waals surface area contributed by atoms with Crippen LogP contribution in [0.5, 0.6) is 0 Å². The normalized spacial score (nSPS) is 14.5. The second kappa shape index (κ2) is 13.1. The minimum Gasteiger partial charge on any atom is -0.352 e. The van der Waals surface area contributed by atoms with Gasteiger partial charge >= 0.3 is 0 Å². The Morgan fingerprint density at radius 3 is 2.17 bits per heavy atom. The summed E-state index contributed by atoms with van der Waals surface area (Å²) in [5.74, 6) is -1.30. The summed E-state index contributed by atoms with van der Waals surface area (Å²) in [6, 6.07) is 19.9. The van der Waals surface area contributed by atoms with Gasteiger partial charge in [0.05, 0.1) is 10.6 Å². The third-order valence-electron chi connectivity index (χ3n) is 7.29. The first-order valence-corrected chi connectivity index (χ1v) is 15.1. The second-order valence-electron chi connectivity index (χ2n) is 10.2. The molecule has 3 aromatic carbocycles. The molecule has 7 nitrogen and oxygen atoms in total. The van der Waals surface area contributed by atoms with Crippen LogP contribution >= 0.6 is 0 Å².